The van der Waals surface area contributed by atoms with Crippen molar-refractivity contribution < 1.29 is 0 Å². The highest BCUT2D eigenvalue weighted by molar-refractivity contribution is 6.34. The van der Waals surface area contributed by atoms with Crippen LogP contribution in [-0.2, 0) is 0 Å². The molecule has 0 fully saturated rings. The molecule has 1 unspecified atom stereocenters. The molecule has 1 N–H and O–H groups in total. The molecule has 0 amide bonds. The Hall–Kier alpha value is -1.01. The van der Waals surface area contributed by atoms with Crippen LogP contribution in [0.5, 0.6) is 0 Å². The largest absolute Gasteiger partial charge is 0.295 e. The molecule has 0 spiro atoms. The Morgan fingerprint density at radius 3 is 2.47 bits per heavy atom. The Labute approximate surface area is 99.1 Å². The fourth-order valence-corrected chi connectivity index (χ4v) is 1.72. The van der Waals surface area contributed by atoms with Gasteiger partial charge in [0.15, 0.2) is 0 Å². The summed E-state index contributed by atoms with van der Waals surface area (Å²) in [5, 5.41) is 13.0. The minimum Gasteiger partial charge on any atom is -0.295 e. The molecule has 1 atom stereocenters. The molecule has 1 aromatic carbocycles. The fraction of sp³-hybridized carbons (Fsp3) is 0.182. The molecule has 0 bridgehead atoms. The topological polar surface area (TPSA) is 35.8 Å². The van der Waals surface area contributed by atoms with E-state index in [9.17, 15) is 0 Å². The van der Waals surface area contributed by atoms with Gasteiger partial charge in [0.2, 0.25) is 0 Å². The van der Waals surface area contributed by atoms with Gasteiger partial charge < -0.3 is 0 Å². The van der Waals surface area contributed by atoms with Gasteiger partial charge in [-0.1, -0.05) is 29.3 Å². The summed E-state index contributed by atoms with van der Waals surface area (Å²) in [6.45, 7) is 4.13. The average Bonchev–Trinajstić information content (AvgIpc) is 2.17. The molecule has 0 aliphatic rings. The maximum atomic E-state index is 8.95. The van der Waals surface area contributed by atoms with Gasteiger partial charge in [-0.05, 0) is 23.8 Å². The number of nitrogens with one attached hydrogen (secondary N) is 1. The number of hydrogen-bond donors (Lipinski definition) is 1. The molecule has 15 heavy (non-hydrogen) atoms. The van der Waals surface area contributed by atoms with Gasteiger partial charge in [-0.25, -0.2) is 0 Å². The molecular weight excluding hydrogens is 231 g/mol. The van der Waals surface area contributed by atoms with Crippen LogP contribution in [0.15, 0.2) is 30.9 Å². The van der Waals surface area contributed by atoms with E-state index in [4.69, 9.17) is 28.5 Å². The van der Waals surface area contributed by atoms with E-state index in [0.29, 0.717) is 16.6 Å². The SMILES string of the molecule is C=CCNC(C#N)c1cc(Cl)cc(Cl)c1. The van der Waals surface area contributed by atoms with Crippen LogP contribution in [0.4, 0.5) is 0 Å². The summed E-state index contributed by atoms with van der Waals surface area (Å²) in [6.07, 6.45) is 1.69. The highest BCUT2D eigenvalue weighted by atomic mass is 35.5. The highest BCUT2D eigenvalue weighted by Gasteiger charge is 2.10. The molecule has 1 rings (SSSR count). The van der Waals surface area contributed by atoms with Crippen LogP contribution in [0.2, 0.25) is 10.0 Å². The molecule has 0 heterocycles. The molecule has 4 heteroatoms. The molecular formula is C11H10Cl2N2. The summed E-state index contributed by atoms with van der Waals surface area (Å²) in [7, 11) is 0. The maximum absolute atomic E-state index is 8.95. The van der Waals surface area contributed by atoms with E-state index in [-0.39, 0.29) is 0 Å². The quantitative estimate of drug-likeness (QED) is 0.820. The van der Waals surface area contributed by atoms with Crippen LogP contribution in [0.3, 0.4) is 0 Å². The fourth-order valence-electron chi connectivity index (χ4n) is 1.18. The third kappa shape index (κ3) is 3.56. The third-order valence-corrected chi connectivity index (χ3v) is 2.25. The standard InChI is InChI=1S/C11H10Cl2N2/c1-2-3-15-11(7-14)8-4-9(12)6-10(13)5-8/h2,4-6,11,15H,1,3H2. The Morgan fingerprint density at radius 2 is 2.00 bits per heavy atom. The normalized spacial score (nSPS) is 11.8. The van der Waals surface area contributed by atoms with Crippen molar-refractivity contribution in [1.82, 2.24) is 5.32 Å². The third-order valence-electron chi connectivity index (χ3n) is 1.81. The van der Waals surface area contributed by atoms with Gasteiger partial charge in [-0.15, -0.1) is 6.58 Å². The lowest BCUT2D eigenvalue weighted by molar-refractivity contribution is 0.683. The van der Waals surface area contributed by atoms with Crippen molar-refractivity contribution in [1.29, 1.82) is 5.26 Å². The monoisotopic (exact) mass is 240 g/mol. The first-order valence-electron chi connectivity index (χ1n) is 4.37. The molecule has 78 valence electrons. The van der Waals surface area contributed by atoms with Gasteiger partial charge in [-0.2, -0.15) is 5.26 Å². The summed E-state index contributed by atoms with van der Waals surface area (Å²) in [4.78, 5) is 0. The van der Waals surface area contributed by atoms with Crippen molar-refractivity contribution in [2.45, 2.75) is 6.04 Å². The van der Waals surface area contributed by atoms with E-state index < -0.39 is 6.04 Å². The lowest BCUT2D eigenvalue weighted by Crippen LogP contribution is -2.19. The van der Waals surface area contributed by atoms with Crippen molar-refractivity contribution in [3.8, 4) is 6.07 Å². The van der Waals surface area contributed by atoms with Gasteiger partial charge in [0.1, 0.15) is 6.04 Å². The van der Waals surface area contributed by atoms with Gasteiger partial charge in [0.25, 0.3) is 0 Å². The second kappa shape index (κ2) is 5.77. The number of nitrogens with zero attached hydrogens (tertiary/aromatic N) is 1. The zero-order valence-electron chi connectivity index (χ0n) is 8.00. The molecule has 0 radical (unpaired) electrons. The number of benzene rings is 1. The Morgan fingerprint density at radius 1 is 1.40 bits per heavy atom. The average molecular weight is 241 g/mol. The smallest absolute Gasteiger partial charge is 0.121 e. The number of hydrogen-bond acceptors (Lipinski definition) is 2. The molecule has 0 saturated carbocycles. The first-order chi connectivity index (χ1) is 7.17. The van der Waals surface area contributed by atoms with Crippen LogP contribution in [0.1, 0.15) is 11.6 Å². The van der Waals surface area contributed by atoms with Crippen molar-refractivity contribution in [3.63, 3.8) is 0 Å². The molecule has 2 nitrogen and oxygen atoms in total. The first-order valence-corrected chi connectivity index (χ1v) is 5.13. The van der Waals surface area contributed by atoms with E-state index in [2.05, 4.69) is 18.0 Å². The first kappa shape index (κ1) is 12.1. The summed E-state index contributed by atoms with van der Waals surface area (Å²) in [5.74, 6) is 0. The lowest BCUT2D eigenvalue weighted by Gasteiger charge is -2.10. The van der Waals surface area contributed by atoms with Crippen LogP contribution in [0.25, 0.3) is 0 Å². The summed E-state index contributed by atoms with van der Waals surface area (Å²) >= 11 is 11.7. The van der Waals surface area contributed by atoms with Crippen molar-refractivity contribution >= 4 is 23.2 Å². The van der Waals surface area contributed by atoms with E-state index >= 15 is 0 Å². The van der Waals surface area contributed by atoms with Crippen molar-refractivity contribution in [3.05, 3.63) is 46.5 Å². The second-order valence-corrected chi connectivity index (χ2v) is 3.83. The molecule has 0 saturated heterocycles. The van der Waals surface area contributed by atoms with Gasteiger partial charge in [0, 0.05) is 16.6 Å². The van der Waals surface area contributed by atoms with Gasteiger partial charge in [-0.3, -0.25) is 5.32 Å². The minimum atomic E-state index is -0.417. The number of halogens is 2. The predicted molar refractivity (Wildman–Crippen MR) is 63.0 cm³/mol. The van der Waals surface area contributed by atoms with E-state index in [1.165, 1.54) is 0 Å². The van der Waals surface area contributed by atoms with Crippen molar-refractivity contribution in [2.24, 2.45) is 0 Å². The highest BCUT2D eigenvalue weighted by Crippen LogP contribution is 2.23. The summed E-state index contributed by atoms with van der Waals surface area (Å²) in [5.41, 5.74) is 0.761. The maximum Gasteiger partial charge on any atom is 0.121 e. The van der Waals surface area contributed by atoms with Crippen LogP contribution >= 0.6 is 23.2 Å². The zero-order valence-corrected chi connectivity index (χ0v) is 9.52. The lowest BCUT2D eigenvalue weighted by atomic mass is 10.1. The molecule has 0 aromatic heterocycles. The summed E-state index contributed by atoms with van der Waals surface area (Å²) < 4.78 is 0. The molecule has 1 aromatic rings. The van der Waals surface area contributed by atoms with E-state index in [1.807, 2.05) is 0 Å². The number of nitriles is 1. The van der Waals surface area contributed by atoms with Gasteiger partial charge >= 0.3 is 0 Å². The Balaban J connectivity index is 2.92. The Kier molecular flexibility index (Phi) is 4.64. The predicted octanol–water partition coefficient (Wildman–Crippen LogP) is 3.33. The Bertz CT molecular complexity index is 376. The van der Waals surface area contributed by atoms with Gasteiger partial charge in [0.05, 0.1) is 6.07 Å². The van der Waals surface area contributed by atoms with Crippen LogP contribution in [-0.4, -0.2) is 6.54 Å². The minimum absolute atomic E-state index is 0.417. The van der Waals surface area contributed by atoms with Crippen LogP contribution < -0.4 is 5.32 Å². The second-order valence-electron chi connectivity index (χ2n) is 2.96. The molecule has 0 aliphatic heterocycles. The van der Waals surface area contributed by atoms with E-state index in [1.54, 1.807) is 24.3 Å². The number of rotatable bonds is 4. The van der Waals surface area contributed by atoms with E-state index in [0.717, 1.165) is 5.56 Å². The summed E-state index contributed by atoms with van der Waals surface area (Å²) in [6, 6.07) is 6.79. The van der Waals surface area contributed by atoms with Crippen LogP contribution in [0, 0.1) is 11.3 Å². The molecule has 0 aliphatic carbocycles. The zero-order chi connectivity index (χ0) is 11.3. The van der Waals surface area contributed by atoms with Crippen molar-refractivity contribution in [2.75, 3.05) is 6.54 Å².